The monoisotopic (exact) mass is 337 g/mol. The van der Waals surface area contributed by atoms with Crippen LogP contribution in [0.3, 0.4) is 0 Å². The number of furan rings is 1. The van der Waals surface area contributed by atoms with E-state index in [2.05, 4.69) is 0 Å². The first-order valence-electron chi connectivity index (χ1n) is 7.55. The van der Waals surface area contributed by atoms with E-state index in [-0.39, 0.29) is 18.6 Å². The van der Waals surface area contributed by atoms with Crippen LogP contribution in [0.5, 0.6) is 11.5 Å². The molecule has 0 fully saturated rings. The molecule has 2 aromatic rings. The lowest BCUT2D eigenvalue weighted by Gasteiger charge is -2.29. The molecule has 0 saturated heterocycles. The Balaban J connectivity index is 1.89. The van der Waals surface area contributed by atoms with Gasteiger partial charge in [-0.15, -0.1) is 11.3 Å². The van der Waals surface area contributed by atoms with E-state index in [0.29, 0.717) is 48.3 Å². The van der Waals surface area contributed by atoms with Crippen molar-refractivity contribution in [3.05, 3.63) is 34.4 Å². The van der Waals surface area contributed by atoms with Gasteiger partial charge in [0.15, 0.2) is 11.5 Å². The second-order valence-electron chi connectivity index (χ2n) is 5.21. The number of aliphatic hydroxyl groups is 1. The van der Waals surface area contributed by atoms with E-state index in [4.69, 9.17) is 13.9 Å². The molecule has 3 heterocycles. The van der Waals surface area contributed by atoms with Gasteiger partial charge in [-0.1, -0.05) is 6.92 Å². The van der Waals surface area contributed by atoms with Crippen molar-refractivity contribution in [2.24, 2.45) is 0 Å². The summed E-state index contributed by atoms with van der Waals surface area (Å²) in [5.74, 6) is 1.61. The second-order valence-corrected chi connectivity index (χ2v) is 6.09. The van der Waals surface area contributed by atoms with Gasteiger partial charge in [-0.05, 0) is 18.6 Å². The van der Waals surface area contributed by atoms with Crippen LogP contribution in [0, 0.1) is 0 Å². The summed E-state index contributed by atoms with van der Waals surface area (Å²) in [6.07, 6.45) is 2.22. The van der Waals surface area contributed by atoms with Gasteiger partial charge in [0.2, 0.25) is 0 Å². The Morgan fingerprint density at radius 3 is 2.96 bits per heavy atom. The molecule has 1 amide bonds. The van der Waals surface area contributed by atoms with Gasteiger partial charge in [-0.25, -0.2) is 0 Å². The van der Waals surface area contributed by atoms with Crippen molar-refractivity contribution >= 4 is 17.2 Å². The molecule has 1 atom stereocenters. The Hall–Kier alpha value is -1.99. The summed E-state index contributed by atoms with van der Waals surface area (Å²) >= 11 is 1.30. The zero-order valence-corrected chi connectivity index (χ0v) is 13.7. The number of aliphatic hydroxyl groups excluding tert-OH is 1. The normalized spacial score (nSPS) is 14.5. The fourth-order valence-corrected chi connectivity index (χ4v) is 3.41. The van der Waals surface area contributed by atoms with Gasteiger partial charge < -0.3 is 23.9 Å². The number of amides is 1. The van der Waals surface area contributed by atoms with Crippen LogP contribution in [0.25, 0.3) is 0 Å². The van der Waals surface area contributed by atoms with Gasteiger partial charge in [0, 0.05) is 5.38 Å². The summed E-state index contributed by atoms with van der Waals surface area (Å²) in [5, 5.41) is 11.4. The summed E-state index contributed by atoms with van der Waals surface area (Å²) in [4.78, 5) is 15.1. The number of hydrogen-bond donors (Lipinski definition) is 1. The Morgan fingerprint density at radius 2 is 2.26 bits per heavy atom. The molecule has 0 unspecified atom stereocenters. The summed E-state index contributed by atoms with van der Waals surface area (Å²) in [7, 11) is 0. The Morgan fingerprint density at radius 1 is 1.43 bits per heavy atom. The highest BCUT2D eigenvalue weighted by atomic mass is 32.1. The van der Waals surface area contributed by atoms with Gasteiger partial charge >= 0.3 is 0 Å². The van der Waals surface area contributed by atoms with E-state index in [0.717, 1.165) is 0 Å². The minimum atomic E-state index is -0.283. The lowest BCUT2D eigenvalue weighted by atomic mass is 10.1. The second kappa shape index (κ2) is 7.06. The molecule has 0 bridgehead atoms. The fourth-order valence-electron chi connectivity index (χ4n) is 2.53. The predicted molar refractivity (Wildman–Crippen MR) is 85.1 cm³/mol. The Bertz CT molecular complexity index is 647. The molecular formula is C16H19NO5S. The molecule has 2 aromatic heterocycles. The minimum absolute atomic E-state index is 0.103. The lowest BCUT2D eigenvalue weighted by molar-refractivity contribution is 0.0542. The van der Waals surface area contributed by atoms with Gasteiger partial charge in [0.05, 0.1) is 25.5 Å². The standard InChI is InChI=1S/C16H19NO5S/c1-2-11(9-18)17(8-12-4-3-5-20-12)16(19)15-14-13(10-23-15)21-6-7-22-14/h3-5,10-11,18H,2,6-9H2,1H3/t11-/m1/s1. The molecule has 0 aliphatic carbocycles. The molecule has 0 aromatic carbocycles. The topological polar surface area (TPSA) is 72.1 Å². The van der Waals surface area contributed by atoms with Gasteiger partial charge in [-0.3, -0.25) is 4.79 Å². The number of carbonyl (C=O) groups excluding carboxylic acids is 1. The third kappa shape index (κ3) is 3.20. The number of carbonyl (C=O) groups is 1. The highest BCUT2D eigenvalue weighted by Gasteiger charge is 2.30. The third-order valence-electron chi connectivity index (χ3n) is 3.79. The van der Waals surface area contributed by atoms with Crippen molar-refractivity contribution in [3.63, 3.8) is 0 Å². The Labute approximate surface area is 138 Å². The maximum absolute atomic E-state index is 13.0. The van der Waals surface area contributed by atoms with Crippen molar-refractivity contribution in [1.82, 2.24) is 4.90 Å². The van der Waals surface area contributed by atoms with E-state index in [1.165, 1.54) is 11.3 Å². The number of rotatable bonds is 6. The van der Waals surface area contributed by atoms with Crippen LogP contribution in [-0.2, 0) is 6.54 Å². The Kier molecular flexibility index (Phi) is 4.88. The van der Waals surface area contributed by atoms with Crippen molar-refractivity contribution in [3.8, 4) is 11.5 Å². The summed E-state index contributed by atoms with van der Waals surface area (Å²) in [6.45, 7) is 3.06. The van der Waals surface area contributed by atoms with Crippen molar-refractivity contribution < 1.29 is 23.8 Å². The van der Waals surface area contributed by atoms with Gasteiger partial charge in [0.1, 0.15) is 23.9 Å². The average molecular weight is 337 g/mol. The molecule has 0 spiro atoms. The molecule has 0 saturated carbocycles. The van der Waals surface area contributed by atoms with Crippen LogP contribution in [-0.4, -0.2) is 41.8 Å². The third-order valence-corrected chi connectivity index (χ3v) is 4.71. The highest BCUT2D eigenvalue weighted by molar-refractivity contribution is 7.12. The van der Waals surface area contributed by atoms with Crippen LogP contribution < -0.4 is 9.47 Å². The molecule has 23 heavy (non-hydrogen) atoms. The first kappa shape index (κ1) is 15.9. The summed E-state index contributed by atoms with van der Waals surface area (Å²) in [6, 6.07) is 3.31. The van der Waals surface area contributed by atoms with E-state index < -0.39 is 0 Å². The first-order valence-corrected chi connectivity index (χ1v) is 8.43. The molecule has 124 valence electrons. The number of ether oxygens (including phenoxy) is 2. The average Bonchev–Trinajstić information content (AvgIpc) is 3.23. The largest absolute Gasteiger partial charge is 0.485 e. The van der Waals surface area contributed by atoms with E-state index >= 15 is 0 Å². The summed E-state index contributed by atoms with van der Waals surface area (Å²) < 4.78 is 16.5. The maximum Gasteiger partial charge on any atom is 0.268 e. The van der Waals surface area contributed by atoms with Crippen LogP contribution >= 0.6 is 11.3 Å². The predicted octanol–water partition coefficient (Wildman–Crippen LogP) is 2.53. The highest BCUT2D eigenvalue weighted by Crippen LogP contribution is 2.40. The molecule has 3 rings (SSSR count). The smallest absolute Gasteiger partial charge is 0.268 e. The number of thiophene rings is 1. The molecule has 1 N–H and O–H groups in total. The molecule has 1 aliphatic heterocycles. The lowest BCUT2D eigenvalue weighted by Crippen LogP contribution is -2.41. The van der Waals surface area contributed by atoms with Gasteiger partial charge in [0.25, 0.3) is 5.91 Å². The zero-order chi connectivity index (χ0) is 16.2. The molecule has 0 radical (unpaired) electrons. The van der Waals surface area contributed by atoms with Crippen LogP contribution in [0.4, 0.5) is 0 Å². The SMILES string of the molecule is CC[C@H](CO)N(Cc1ccco1)C(=O)c1scc2c1OCCO2. The maximum atomic E-state index is 13.0. The van der Waals surface area contributed by atoms with Crippen LogP contribution in [0.2, 0.25) is 0 Å². The summed E-state index contributed by atoms with van der Waals surface area (Å²) in [5.41, 5.74) is 0. The number of hydrogen-bond acceptors (Lipinski definition) is 6. The van der Waals surface area contributed by atoms with E-state index in [1.54, 1.807) is 22.6 Å². The van der Waals surface area contributed by atoms with Crippen LogP contribution in [0.15, 0.2) is 28.2 Å². The minimum Gasteiger partial charge on any atom is -0.485 e. The first-order chi connectivity index (χ1) is 11.2. The molecule has 6 nitrogen and oxygen atoms in total. The molecule has 1 aliphatic rings. The quantitative estimate of drug-likeness (QED) is 0.877. The van der Waals surface area contributed by atoms with E-state index in [1.807, 2.05) is 13.0 Å². The number of fused-ring (bicyclic) bond motifs is 1. The molecule has 7 heteroatoms. The van der Waals surface area contributed by atoms with E-state index in [9.17, 15) is 9.90 Å². The zero-order valence-electron chi connectivity index (χ0n) is 12.9. The molecular weight excluding hydrogens is 318 g/mol. The van der Waals surface area contributed by atoms with Gasteiger partial charge in [-0.2, -0.15) is 0 Å². The fraction of sp³-hybridized carbons (Fsp3) is 0.438. The van der Waals surface area contributed by atoms with Crippen LogP contribution in [0.1, 0.15) is 28.8 Å². The number of nitrogens with zero attached hydrogens (tertiary/aromatic N) is 1. The van der Waals surface area contributed by atoms with Crippen molar-refractivity contribution in [2.75, 3.05) is 19.8 Å². The van der Waals surface area contributed by atoms with Crippen molar-refractivity contribution in [2.45, 2.75) is 25.9 Å². The van der Waals surface area contributed by atoms with Crippen molar-refractivity contribution in [1.29, 1.82) is 0 Å².